The lowest BCUT2D eigenvalue weighted by atomic mass is 9.94. The Bertz CT molecular complexity index is 666. The molecule has 1 aromatic rings. The fraction of sp³-hybridized carbons (Fsp3) is 0.667. The monoisotopic (exact) mass is 366 g/mol. The fourth-order valence-electron chi connectivity index (χ4n) is 4.42. The average molecular weight is 367 g/mol. The molecule has 25 heavy (non-hydrogen) atoms. The van der Waals surface area contributed by atoms with E-state index in [4.69, 9.17) is 0 Å². The lowest BCUT2D eigenvalue weighted by molar-refractivity contribution is 0.0767. The molecule has 1 amide bonds. The summed E-state index contributed by atoms with van der Waals surface area (Å²) in [4.78, 5) is 32.9. The van der Waals surface area contributed by atoms with Gasteiger partial charge in [-0.25, -0.2) is 0 Å². The van der Waals surface area contributed by atoms with Gasteiger partial charge in [0.25, 0.3) is 5.91 Å². The second-order valence-electron chi connectivity index (χ2n) is 7.23. The molecule has 1 unspecified atom stereocenters. The van der Waals surface area contributed by atoms with E-state index in [1.54, 1.807) is 0 Å². The molecule has 2 fully saturated rings. The second-order valence-corrected chi connectivity index (χ2v) is 7.23. The zero-order valence-electron chi connectivity index (χ0n) is 14.8. The number of carbonyl (C=O) groups excluding carboxylic acids is 2. The highest BCUT2D eigenvalue weighted by Crippen LogP contribution is 2.28. The number of likely N-dealkylation sites (tertiary alicyclic amines) is 1. The molecule has 2 N–H and O–H groups in total. The molecule has 4 rings (SSSR count). The largest absolute Gasteiger partial charge is 0.354 e. The molecule has 6 nitrogen and oxygen atoms in total. The van der Waals surface area contributed by atoms with E-state index in [0.717, 1.165) is 75.4 Å². The van der Waals surface area contributed by atoms with Crippen molar-refractivity contribution in [3.63, 3.8) is 0 Å². The van der Waals surface area contributed by atoms with E-state index in [1.807, 2.05) is 11.8 Å². The van der Waals surface area contributed by atoms with Crippen LogP contribution in [0, 0.1) is 6.92 Å². The first kappa shape index (κ1) is 18.4. The molecule has 2 saturated heterocycles. The maximum atomic E-state index is 13.0. The van der Waals surface area contributed by atoms with Gasteiger partial charge in [-0.15, -0.1) is 12.4 Å². The Morgan fingerprint density at radius 1 is 1.16 bits per heavy atom. The molecular formula is C18H27ClN4O2. The highest BCUT2D eigenvalue weighted by molar-refractivity contribution is 6.04. The zero-order chi connectivity index (χ0) is 16.7. The number of aryl methyl sites for hydroxylation is 1. The van der Waals surface area contributed by atoms with Crippen LogP contribution in [0.15, 0.2) is 0 Å². The molecule has 0 saturated carbocycles. The Labute approximate surface area is 154 Å². The number of ketones is 1. The van der Waals surface area contributed by atoms with E-state index in [2.05, 4.69) is 15.2 Å². The maximum absolute atomic E-state index is 13.0. The van der Waals surface area contributed by atoms with Crippen molar-refractivity contribution in [1.29, 1.82) is 0 Å². The van der Waals surface area contributed by atoms with Crippen LogP contribution in [0.2, 0.25) is 0 Å². The molecule has 0 bridgehead atoms. The molecule has 0 radical (unpaired) electrons. The summed E-state index contributed by atoms with van der Waals surface area (Å²) in [6.07, 6.45) is 3.41. The number of nitrogens with zero attached hydrogens (tertiary/aromatic N) is 2. The molecule has 3 aliphatic rings. The number of nitrogens with one attached hydrogen (secondary N) is 2. The molecule has 1 aromatic heterocycles. The van der Waals surface area contributed by atoms with Gasteiger partial charge in [-0.2, -0.15) is 0 Å². The lowest BCUT2D eigenvalue weighted by Crippen LogP contribution is -2.49. The Morgan fingerprint density at radius 2 is 1.92 bits per heavy atom. The van der Waals surface area contributed by atoms with Gasteiger partial charge in [-0.05, 0) is 31.7 Å². The first-order chi connectivity index (χ1) is 11.6. The van der Waals surface area contributed by atoms with Gasteiger partial charge in [0.15, 0.2) is 5.78 Å². The first-order valence-corrected chi connectivity index (χ1v) is 9.14. The Hall–Kier alpha value is -1.37. The summed E-state index contributed by atoms with van der Waals surface area (Å²) in [7, 11) is 0. The minimum Gasteiger partial charge on any atom is -0.354 e. The molecular weight excluding hydrogens is 340 g/mol. The second kappa shape index (κ2) is 7.48. The lowest BCUT2D eigenvalue weighted by Gasteiger charge is -2.32. The van der Waals surface area contributed by atoms with Crippen LogP contribution in [0.5, 0.6) is 0 Å². The van der Waals surface area contributed by atoms with Crippen LogP contribution in [0.1, 0.15) is 51.4 Å². The van der Waals surface area contributed by atoms with Crippen molar-refractivity contribution in [3.05, 3.63) is 22.5 Å². The number of carbonyl (C=O) groups is 2. The smallest absolute Gasteiger partial charge is 0.270 e. The highest BCUT2D eigenvalue weighted by Gasteiger charge is 2.34. The molecule has 0 aromatic carbocycles. The van der Waals surface area contributed by atoms with Gasteiger partial charge < -0.3 is 15.2 Å². The number of rotatable bonds is 2. The van der Waals surface area contributed by atoms with Gasteiger partial charge in [0.1, 0.15) is 5.69 Å². The van der Waals surface area contributed by atoms with Crippen LogP contribution in [-0.2, 0) is 6.42 Å². The molecule has 138 valence electrons. The highest BCUT2D eigenvalue weighted by atomic mass is 35.5. The van der Waals surface area contributed by atoms with Crippen molar-refractivity contribution in [2.75, 3.05) is 39.3 Å². The van der Waals surface area contributed by atoms with Crippen LogP contribution < -0.4 is 5.32 Å². The minimum atomic E-state index is 0. The summed E-state index contributed by atoms with van der Waals surface area (Å²) in [6, 6.07) is 0.475. The van der Waals surface area contributed by atoms with Crippen LogP contribution in [-0.4, -0.2) is 71.8 Å². The van der Waals surface area contributed by atoms with E-state index in [-0.39, 0.29) is 24.1 Å². The Morgan fingerprint density at radius 3 is 2.64 bits per heavy atom. The number of fused-ring (bicyclic) bond motifs is 1. The van der Waals surface area contributed by atoms with Gasteiger partial charge >= 0.3 is 0 Å². The van der Waals surface area contributed by atoms with Gasteiger partial charge in [-0.3, -0.25) is 14.5 Å². The van der Waals surface area contributed by atoms with Crippen LogP contribution in [0.4, 0.5) is 0 Å². The van der Waals surface area contributed by atoms with Crippen molar-refractivity contribution < 1.29 is 9.59 Å². The van der Waals surface area contributed by atoms with Gasteiger partial charge in [-0.1, -0.05) is 0 Å². The number of hydrogen-bond acceptors (Lipinski definition) is 4. The maximum Gasteiger partial charge on any atom is 0.270 e. The van der Waals surface area contributed by atoms with Crippen molar-refractivity contribution in [3.8, 4) is 0 Å². The van der Waals surface area contributed by atoms with Crippen molar-refractivity contribution in [1.82, 2.24) is 20.1 Å². The fourth-order valence-corrected chi connectivity index (χ4v) is 4.42. The Balaban J connectivity index is 0.00000182. The summed E-state index contributed by atoms with van der Waals surface area (Å²) in [6.45, 7) is 7.73. The SMILES string of the molecule is Cc1c(C(=O)N2CCC(N3CCNCC3)C2)[nH]c2c1C(=O)CCC2.Cl. The number of H-pyrrole nitrogens is 1. The molecule has 1 atom stereocenters. The number of halogens is 1. The van der Waals surface area contributed by atoms with E-state index in [0.29, 0.717) is 18.2 Å². The third-order valence-corrected chi connectivity index (χ3v) is 5.77. The predicted octanol–water partition coefficient (Wildman–Crippen LogP) is 1.38. The van der Waals surface area contributed by atoms with Crippen LogP contribution >= 0.6 is 12.4 Å². The third-order valence-electron chi connectivity index (χ3n) is 5.77. The van der Waals surface area contributed by atoms with Crippen molar-refractivity contribution in [2.45, 2.75) is 38.6 Å². The van der Waals surface area contributed by atoms with Crippen molar-refractivity contribution >= 4 is 24.1 Å². The van der Waals surface area contributed by atoms with Crippen LogP contribution in [0.25, 0.3) is 0 Å². The number of aromatic amines is 1. The molecule has 1 aliphatic carbocycles. The topological polar surface area (TPSA) is 68.4 Å². The van der Waals surface area contributed by atoms with E-state index < -0.39 is 0 Å². The third kappa shape index (κ3) is 3.35. The quantitative estimate of drug-likeness (QED) is 0.829. The number of amides is 1. The number of Topliss-reactive ketones (excluding diaryl/α,β-unsaturated/α-hetero) is 1. The Kier molecular flexibility index (Phi) is 5.51. The van der Waals surface area contributed by atoms with E-state index in [9.17, 15) is 9.59 Å². The van der Waals surface area contributed by atoms with E-state index in [1.165, 1.54) is 0 Å². The molecule has 0 spiro atoms. The van der Waals surface area contributed by atoms with Gasteiger partial charge in [0, 0.05) is 63.0 Å². The first-order valence-electron chi connectivity index (χ1n) is 9.14. The van der Waals surface area contributed by atoms with Crippen LogP contribution in [0.3, 0.4) is 0 Å². The number of aromatic nitrogens is 1. The summed E-state index contributed by atoms with van der Waals surface area (Å²) in [5, 5.41) is 3.38. The minimum absolute atomic E-state index is 0. The zero-order valence-corrected chi connectivity index (χ0v) is 15.6. The van der Waals surface area contributed by atoms with Gasteiger partial charge in [0.2, 0.25) is 0 Å². The average Bonchev–Trinajstić information content (AvgIpc) is 3.21. The van der Waals surface area contributed by atoms with E-state index >= 15 is 0 Å². The number of hydrogen-bond donors (Lipinski definition) is 2. The standard InChI is InChI=1S/C18H26N4O2.ClH/c1-12-16-14(3-2-4-15(16)23)20-17(12)18(24)22-8-5-13(11-22)21-9-6-19-7-10-21;/h13,19-20H,2-11H2,1H3;1H. The predicted molar refractivity (Wildman–Crippen MR) is 98.8 cm³/mol. The number of piperazine rings is 1. The molecule has 7 heteroatoms. The molecule has 2 aliphatic heterocycles. The van der Waals surface area contributed by atoms with Crippen molar-refractivity contribution in [2.24, 2.45) is 0 Å². The normalized spacial score (nSPS) is 24.1. The summed E-state index contributed by atoms with van der Waals surface area (Å²) in [5.74, 6) is 0.247. The van der Waals surface area contributed by atoms with Gasteiger partial charge in [0.05, 0.1) is 0 Å². The summed E-state index contributed by atoms with van der Waals surface area (Å²) >= 11 is 0. The molecule has 3 heterocycles. The summed E-state index contributed by atoms with van der Waals surface area (Å²) in [5.41, 5.74) is 3.23. The summed E-state index contributed by atoms with van der Waals surface area (Å²) < 4.78 is 0.